The summed E-state index contributed by atoms with van der Waals surface area (Å²) in [5, 5.41) is 11.9. The number of hydrogen-bond acceptors (Lipinski definition) is 2. The van der Waals surface area contributed by atoms with E-state index in [-0.39, 0.29) is 12.6 Å². The Morgan fingerprint density at radius 1 is 1.32 bits per heavy atom. The van der Waals surface area contributed by atoms with Crippen molar-refractivity contribution in [3.05, 3.63) is 0 Å². The second kappa shape index (κ2) is 6.78. The summed E-state index contributed by atoms with van der Waals surface area (Å²) in [7, 11) is 1.80. The molecule has 2 amide bonds. The molecule has 0 aromatic rings. The van der Waals surface area contributed by atoms with Gasteiger partial charge in [0.2, 0.25) is 0 Å². The lowest BCUT2D eigenvalue weighted by Gasteiger charge is -2.32. The minimum Gasteiger partial charge on any atom is -0.481 e. The highest BCUT2D eigenvalue weighted by atomic mass is 16.4. The third-order valence-corrected chi connectivity index (χ3v) is 4.37. The molecular formula is C14H26N2O3. The Morgan fingerprint density at radius 2 is 1.89 bits per heavy atom. The molecule has 1 aliphatic carbocycles. The number of rotatable bonds is 5. The molecule has 0 radical (unpaired) electrons. The predicted octanol–water partition coefficient (Wildman–Crippen LogP) is 2.46. The van der Waals surface area contributed by atoms with Crippen molar-refractivity contribution in [2.45, 2.75) is 58.4 Å². The van der Waals surface area contributed by atoms with Gasteiger partial charge < -0.3 is 15.3 Å². The van der Waals surface area contributed by atoms with Crippen molar-refractivity contribution in [3.63, 3.8) is 0 Å². The van der Waals surface area contributed by atoms with Crippen LogP contribution in [0, 0.1) is 5.41 Å². The number of carbonyl (C=O) groups is 2. The largest absolute Gasteiger partial charge is 0.481 e. The SMILES string of the molecule is CCC(C)(CNC(=O)N(C)C1CCCCC1)C(=O)O. The highest BCUT2D eigenvalue weighted by molar-refractivity contribution is 5.77. The zero-order valence-corrected chi connectivity index (χ0v) is 12.2. The smallest absolute Gasteiger partial charge is 0.317 e. The maximum atomic E-state index is 12.0. The van der Waals surface area contributed by atoms with Crippen LogP contribution in [0.15, 0.2) is 0 Å². The maximum absolute atomic E-state index is 12.0. The van der Waals surface area contributed by atoms with E-state index in [4.69, 9.17) is 5.11 Å². The normalized spacial score (nSPS) is 19.5. The zero-order chi connectivity index (χ0) is 14.5. The van der Waals surface area contributed by atoms with Gasteiger partial charge in [-0.3, -0.25) is 4.79 Å². The second-order valence-electron chi connectivity index (χ2n) is 5.78. The molecule has 110 valence electrons. The Morgan fingerprint density at radius 3 is 2.37 bits per heavy atom. The van der Waals surface area contributed by atoms with Crippen LogP contribution in [0.1, 0.15) is 52.4 Å². The lowest BCUT2D eigenvalue weighted by atomic mass is 9.88. The highest BCUT2D eigenvalue weighted by Gasteiger charge is 2.32. The average Bonchev–Trinajstić information content (AvgIpc) is 2.44. The van der Waals surface area contributed by atoms with E-state index in [0.717, 1.165) is 12.8 Å². The first-order valence-electron chi connectivity index (χ1n) is 7.15. The van der Waals surface area contributed by atoms with Crippen molar-refractivity contribution >= 4 is 12.0 Å². The number of carbonyl (C=O) groups excluding carboxylic acids is 1. The van der Waals surface area contributed by atoms with Crippen molar-refractivity contribution in [2.24, 2.45) is 5.41 Å². The van der Waals surface area contributed by atoms with Crippen molar-refractivity contribution < 1.29 is 14.7 Å². The summed E-state index contributed by atoms with van der Waals surface area (Å²) in [5.41, 5.74) is -0.886. The Kier molecular flexibility index (Phi) is 5.63. The molecule has 5 heteroatoms. The van der Waals surface area contributed by atoms with Crippen molar-refractivity contribution in [2.75, 3.05) is 13.6 Å². The third-order valence-electron chi connectivity index (χ3n) is 4.37. The van der Waals surface area contributed by atoms with Crippen molar-refractivity contribution in [3.8, 4) is 0 Å². The zero-order valence-electron chi connectivity index (χ0n) is 12.2. The minimum absolute atomic E-state index is 0.159. The van der Waals surface area contributed by atoms with Gasteiger partial charge in [-0.1, -0.05) is 26.2 Å². The van der Waals surface area contributed by atoms with Crippen LogP contribution in [-0.2, 0) is 4.79 Å². The molecule has 0 bridgehead atoms. The van der Waals surface area contributed by atoms with Crippen molar-refractivity contribution in [1.29, 1.82) is 0 Å². The molecule has 0 aromatic carbocycles. The van der Waals surface area contributed by atoms with Gasteiger partial charge in [0.1, 0.15) is 0 Å². The van der Waals surface area contributed by atoms with Crippen LogP contribution in [0.5, 0.6) is 0 Å². The van der Waals surface area contributed by atoms with Gasteiger partial charge in [0, 0.05) is 19.6 Å². The molecule has 0 saturated heterocycles. The maximum Gasteiger partial charge on any atom is 0.317 e. The summed E-state index contributed by atoms with van der Waals surface area (Å²) < 4.78 is 0. The summed E-state index contributed by atoms with van der Waals surface area (Å²) >= 11 is 0. The molecule has 0 spiro atoms. The van der Waals surface area contributed by atoms with Gasteiger partial charge in [-0.25, -0.2) is 4.79 Å². The Labute approximate surface area is 115 Å². The van der Waals surface area contributed by atoms with Gasteiger partial charge in [0.25, 0.3) is 0 Å². The van der Waals surface area contributed by atoms with E-state index < -0.39 is 11.4 Å². The molecule has 1 rings (SSSR count). The number of urea groups is 1. The first kappa shape index (κ1) is 15.8. The summed E-state index contributed by atoms with van der Waals surface area (Å²) in [6.45, 7) is 3.66. The van der Waals surface area contributed by atoms with Crippen LogP contribution < -0.4 is 5.32 Å². The molecule has 0 aromatic heterocycles. The second-order valence-corrected chi connectivity index (χ2v) is 5.78. The lowest BCUT2D eigenvalue weighted by molar-refractivity contribution is -0.147. The van der Waals surface area contributed by atoms with Crippen molar-refractivity contribution in [1.82, 2.24) is 10.2 Å². The van der Waals surface area contributed by atoms with Gasteiger partial charge in [-0.05, 0) is 26.2 Å². The van der Waals surface area contributed by atoms with E-state index in [1.165, 1.54) is 19.3 Å². The molecule has 1 atom stereocenters. The van der Waals surface area contributed by atoms with E-state index in [1.807, 2.05) is 6.92 Å². The fourth-order valence-electron chi connectivity index (χ4n) is 2.38. The van der Waals surface area contributed by atoms with Crippen LogP contribution in [0.4, 0.5) is 4.79 Å². The molecular weight excluding hydrogens is 244 g/mol. The number of hydrogen-bond donors (Lipinski definition) is 2. The van der Waals surface area contributed by atoms with Crippen LogP contribution in [0.25, 0.3) is 0 Å². The van der Waals surface area contributed by atoms with Crippen LogP contribution in [0.2, 0.25) is 0 Å². The number of carboxylic acids is 1. The quantitative estimate of drug-likeness (QED) is 0.806. The number of aliphatic carboxylic acids is 1. The molecule has 1 unspecified atom stereocenters. The molecule has 1 aliphatic rings. The first-order valence-corrected chi connectivity index (χ1v) is 7.15. The molecule has 19 heavy (non-hydrogen) atoms. The topological polar surface area (TPSA) is 69.6 Å². The summed E-state index contributed by atoms with van der Waals surface area (Å²) in [5.74, 6) is -0.865. The number of nitrogens with one attached hydrogen (secondary N) is 1. The summed E-state index contributed by atoms with van der Waals surface area (Å²) in [4.78, 5) is 25.0. The molecule has 0 heterocycles. The lowest BCUT2D eigenvalue weighted by Crippen LogP contribution is -2.48. The van der Waals surface area contributed by atoms with Gasteiger partial charge in [0.15, 0.2) is 0 Å². The van der Waals surface area contributed by atoms with E-state index in [2.05, 4.69) is 5.32 Å². The third kappa shape index (κ3) is 4.11. The van der Waals surface area contributed by atoms with Crippen LogP contribution >= 0.6 is 0 Å². The molecule has 5 nitrogen and oxygen atoms in total. The number of nitrogens with zero attached hydrogens (tertiary/aromatic N) is 1. The molecule has 1 saturated carbocycles. The Hall–Kier alpha value is -1.26. The highest BCUT2D eigenvalue weighted by Crippen LogP contribution is 2.22. The average molecular weight is 270 g/mol. The molecule has 0 aliphatic heterocycles. The van der Waals surface area contributed by atoms with Gasteiger partial charge >= 0.3 is 12.0 Å². The van der Waals surface area contributed by atoms with Crippen LogP contribution in [-0.4, -0.2) is 41.6 Å². The first-order chi connectivity index (χ1) is 8.90. The van der Waals surface area contributed by atoms with Gasteiger partial charge in [-0.2, -0.15) is 0 Å². The summed E-state index contributed by atoms with van der Waals surface area (Å²) in [6.07, 6.45) is 6.19. The minimum atomic E-state index is -0.886. The fraction of sp³-hybridized carbons (Fsp3) is 0.857. The Balaban J connectivity index is 2.47. The van der Waals surface area contributed by atoms with E-state index in [1.54, 1.807) is 18.9 Å². The van der Waals surface area contributed by atoms with E-state index in [9.17, 15) is 9.59 Å². The number of amides is 2. The monoisotopic (exact) mass is 270 g/mol. The predicted molar refractivity (Wildman–Crippen MR) is 74.1 cm³/mol. The number of carboxylic acid groups (broad SMARTS) is 1. The van der Waals surface area contributed by atoms with Gasteiger partial charge in [-0.15, -0.1) is 0 Å². The summed E-state index contributed by atoms with van der Waals surface area (Å²) in [6, 6.07) is 0.138. The molecule has 1 fully saturated rings. The van der Waals surface area contributed by atoms with Gasteiger partial charge in [0.05, 0.1) is 5.41 Å². The fourth-order valence-corrected chi connectivity index (χ4v) is 2.38. The molecule has 2 N–H and O–H groups in total. The van der Waals surface area contributed by atoms with E-state index in [0.29, 0.717) is 12.5 Å². The Bertz CT molecular complexity index is 327. The van der Waals surface area contributed by atoms with Crippen LogP contribution in [0.3, 0.4) is 0 Å². The standard InChI is InChI=1S/C14H26N2O3/c1-4-14(2,12(17)18)10-15-13(19)16(3)11-8-6-5-7-9-11/h11H,4-10H2,1-3H3,(H,15,19)(H,17,18). The van der Waals surface area contributed by atoms with E-state index >= 15 is 0 Å².